The third kappa shape index (κ3) is 1.99. The lowest BCUT2D eigenvalue weighted by molar-refractivity contribution is -0.136. The molecule has 0 aliphatic carbocycles. The molecule has 0 unspecified atom stereocenters. The smallest absolute Gasteiger partial charge is 0.367 e. The summed E-state index contributed by atoms with van der Waals surface area (Å²) in [6.45, 7) is 1.66. The number of hydrogen-bond acceptors (Lipinski definition) is 5. The zero-order valence-corrected chi connectivity index (χ0v) is 9.43. The quantitative estimate of drug-likeness (QED) is 0.623. The van der Waals surface area contributed by atoms with Crippen LogP contribution < -0.4 is 4.74 Å². The number of phenolic OH excluding ortho intramolecular Hbond substituents is 1. The summed E-state index contributed by atoms with van der Waals surface area (Å²) in [7, 11) is 1.46. The predicted molar refractivity (Wildman–Crippen MR) is 61.8 cm³/mol. The Bertz CT molecular complexity index is 531. The van der Waals surface area contributed by atoms with E-state index in [1.165, 1.54) is 13.2 Å². The number of methoxy groups -OCH3 is 1. The Morgan fingerprint density at radius 2 is 2.24 bits per heavy atom. The van der Waals surface area contributed by atoms with E-state index in [2.05, 4.69) is 9.99 Å². The van der Waals surface area contributed by atoms with Crippen molar-refractivity contribution in [3.8, 4) is 11.5 Å². The normalized spacial score (nSPS) is 16.9. The molecular formula is C12H11NO4. The molecule has 0 spiro atoms. The van der Waals surface area contributed by atoms with Gasteiger partial charge in [0.2, 0.25) is 0 Å². The second-order valence-electron chi connectivity index (χ2n) is 3.51. The highest BCUT2D eigenvalue weighted by atomic mass is 16.7. The van der Waals surface area contributed by atoms with Crippen molar-refractivity contribution in [1.29, 1.82) is 0 Å². The molecule has 0 radical (unpaired) electrons. The molecule has 5 nitrogen and oxygen atoms in total. The van der Waals surface area contributed by atoms with Gasteiger partial charge in [0.25, 0.3) is 0 Å². The average Bonchev–Trinajstić information content (AvgIpc) is 2.63. The van der Waals surface area contributed by atoms with E-state index in [-0.39, 0.29) is 5.75 Å². The summed E-state index contributed by atoms with van der Waals surface area (Å²) in [5.41, 5.74) is 1.29. The van der Waals surface area contributed by atoms with Crippen LogP contribution in [-0.4, -0.2) is 23.9 Å². The van der Waals surface area contributed by atoms with Crippen LogP contribution in [0.4, 0.5) is 0 Å². The summed E-state index contributed by atoms with van der Waals surface area (Å²) < 4.78 is 4.98. The van der Waals surface area contributed by atoms with Gasteiger partial charge < -0.3 is 14.7 Å². The zero-order chi connectivity index (χ0) is 12.4. The lowest BCUT2D eigenvalue weighted by Crippen LogP contribution is -2.01. The van der Waals surface area contributed by atoms with Crippen molar-refractivity contribution in [2.75, 3.05) is 7.11 Å². The number of ether oxygens (including phenoxy) is 1. The van der Waals surface area contributed by atoms with Crippen molar-refractivity contribution >= 4 is 17.8 Å². The predicted octanol–water partition coefficient (Wildman–Crippen LogP) is 1.72. The van der Waals surface area contributed by atoms with Crippen LogP contribution in [0.1, 0.15) is 12.5 Å². The standard InChI is InChI=1S/C12H11NO4/c1-7-9(12(15)17-13-7)6-8-4-3-5-10(16-2)11(8)14/h3-6,14H,1-2H3. The van der Waals surface area contributed by atoms with Crippen molar-refractivity contribution in [2.24, 2.45) is 5.16 Å². The Morgan fingerprint density at radius 1 is 1.47 bits per heavy atom. The number of carbonyl (C=O) groups excluding carboxylic acids is 1. The monoisotopic (exact) mass is 233 g/mol. The molecule has 0 saturated heterocycles. The number of phenols is 1. The molecule has 0 amide bonds. The maximum Gasteiger partial charge on any atom is 0.367 e. The molecule has 0 bridgehead atoms. The first-order chi connectivity index (χ1) is 8.13. The highest BCUT2D eigenvalue weighted by molar-refractivity contribution is 6.24. The number of rotatable bonds is 2. The van der Waals surface area contributed by atoms with Crippen molar-refractivity contribution in [2.45, 2.75) is 6.92 Å². The minimum atomic E-state index is -0.523. The van der Waals surface area contributed by atoms with Gasteiger partial charge in [0.15, 0.2) is 11.5 Å². The molecule has 0 aromatic heterocycles. The van der Waals surface area contributed by atoms with Crippen LogP contribution in [0.2, 0.25) is 0 Å². The second kappa shape index (κ2) is 4.29. The first-order valence-electron chi connectivity index (χ1n) is 4.97. The number of benzene rings is 1. The van der Waals surface area contributed by atoms with Gasteiger partial charge in [-0.15, -0.1) is 0 Å². The van der Waals surface area contributed by atoms with Crippen molar-refractivity contribution < 1.29 is 19.5 Å². The van der Waals surface area contributed by atoms with Gasteiger partial charge in [0.05, 0.1) is 18.4 Å². The number of carbonyl (C=O) groups is 1. The van der Waals surface area contributed by atoms with Crippen LogP contribution in [0, 0.1) is 0 Å². The molecule has 0 fully saturated rings. The summed E-state index contributed by atoms with van der Waals surface area (Å²) in [5.74, 6) is -0.194. The molecular weight excluding hydrogens is 222 g/mol. The molecule has 1 aliphatic rings. The lowest BCUT2D eigenvalue weighted by atomic mass is 10.1. The van der Waals surface area contributed by atoms with Gasteiger partial charge in [0.1, 0.15) is 0 Å². The minimum absolute atomic E-state index is 0.0185. The molecule has 17 heavy (non-hydrogen) atoms. The zero-order valence-electron chi connectivity index (χ0n) is 9.43. The van der Waals surface area contributed by atoms with Crippen molar-refractivity contribution in [1.82, 2.24) is 0 Å². The number of aromatic hydroxyl groups is 1. The molecule has 1 aliphatic heterocycles. The van der Waals surface area contributed by atoms with Gasteiger partial charge in [-0.05, 0) is 19.1 Å². The van der Waals surface area contributed by atoms with Crippen molar-refractivity contribution in [3.63, 3.8) is 0 Å². The van der Waals surface area contributed by atoms with Crippen LogP contribution >= 0.6 is 0 Å². The first kappa shape index (κ1) is 11.2. The fourth-order valence-corrected chi connectivity index (χ4v) is 1.50. The molecule has 0 atom stereocenters. The molecule has 2 rings (SSSR count). The van der Waals surface area contributed by atoms with E-state index in [0.29, 0.717) is 22.6 Å². The van der Waals surface area contributed by atoms with E-state index in [1.807, 2.05) is 0 Å². The number of hydrogen-bond donors (Lipinski definition) is 1. The molecule has 5 heteroatoms. The van der Waals surface area contributed by atoms with Gasteiger partial charge in [-0.3, -0.25) is 0 Å². The summed E-state index contributed by atoms with van der Waals surface area (Å²) in [6, 6.07) is 5.02. The SMILES string of the molecule is COc1cccc(C=C2C(=O)ON=C2C)c1O. The third-order valence-corrected chi connectivity index (χ3v) is 2.43. The summed E-state index contributed by atoms with van der Waals surface area (Å²) in [6.07, 6.45) is 1.52. The van der Waals surface area contributed by atoms with E-state index >= 15 is 0 Å². The molecule has 1 aromatic rings. The highest BCUT2D eigenvalue weighted by Gasteiger charge is 2.22. The fourth-order valence-electron chi connectivity index (χ4n) is 1.50. The van der Waals surface area contributed by atoms with Crippen LogP contribution in [0.5, 0.6) is 11.5 Å². The molecule has 1 heterocycles. The van der Waals surface area contributed by atoms with Gasteiger partial charge >= 0.3 is 5.97 Å². The van der Waals surface area contributed by atoms with Crippen LogP contribution in [-0.2, 0) is 9.63 Å². The lowest BCUT2D eigenvalue weighted by Gasteiger charge is -2.05. The minimum Gasteiger partial charge on any atom is -0.504 e. The van der Waals surface area contributed by atoms with Gasteiger partial charge in [-0.1, -0.05) is 17.3 Å². The number of oxime groups is 1. The second-order valence-corrected chi connectivity index (χ2v) is 3.51. The first-order valence-corrected chi connectivity index (χ1v) is 4.97. The summed E-state index contributed by atoms with van der Waals surface area (Å²) in [4.78, 5) is 15.9. The van der Waals surface area contributed by atoms with E-state index < -0.39 is 5.97 Å². The Labute approximate surface area is 98.0 Å². The maximum absolute atomic E-state index is 11.3. The van der Waals surface area contributed by atoms with Crippen molar-refractivity contribution in [3.05, 3.63) is 29.3 Å². The van der Waals surface area contributed by atoms with Crippen LogP contribution in [0.15, 0.2) is 28.9 Å². The topological polar surface area (TPSA) is 68.1 Å². The molecule has 0 saturated carbocycles. The van der Waals surface area contributed by atoms with Gasteiger partial charge in [-0.2, -0.15) is 0 Å². The molecule has 1 aromatic carbocycles. The number of para-hydroxylation sites is 1. The largest absolute Gasteiger partial charge is 0.504 e. The van der Waals surface area contributed by atoms with E-state index in [1.54, 1.807) is 25.1 Å². The summed E-state index contributed by atoms with van der Waals surface area (Å²) >= 11 is 0. The maximum atomic E-state index is 11.3. The van der Waals surface area contributed by atoms with Gasteiger partial charge in [-0.25, -0.2) is 4.79 Å². The van der Waals surface area contributed by atoms with Crippen LogP contribution in [0.25, 0.3) is 6.08 Å². The van der Waals surface area contributed by atoms with E-state index in [0.717, 1.165) is 0 Å². The Kier molecular flexibility index (Phi) is 2.82. The Hall–Kier alpha value is -2.30. The third-order valence-electron chi connectivity index (χ3n) is 2.43. The van der Waals surface area contributed by atoms with Gasteiger partial charge in [0, 0.05) is 5.56 Å². The average molecular weight is 233 g/mol. The summed E-state index contributed by atoms with van der Waals surface area (Å²) in [5, 5.41) is 13.4. The van der Waals surface area contributed by atoms with Crippen LogP contribution in [0.3, 0.4) is 0 Å². The molecule has 88 valence electrons. The fraction of sp³-hybridized carbons (Fsp3) is 0.167. The van der Waals surface area contributed by atoms with E-state index in [4.69, 9.17) is 4.74 Å². The molecule has 1 N–H and O–H groups in total. The number of nitrogens with zero attached hydrogens (tertiary/aromatic N) is 1. The Morgan fingerprint density at radius 3 is 2.82 bits per heavy atom. The highest BCUT2D eigenvalue weighted by Crippen LogP contribution is 2.31. The van der Waals surface area contributed by atoms with E-state index in [9.17, 15) is 9.90 Å². The Balaban J connectivity index is 2.46.